The minimum absolute atomic E-state index is 0.0671. The molecule has 124 valence electrons. The van der Waals surface area contributed by atoms with E-state index in [9.17, 15) is 4.79 Å². The fourth-order valence-corrected chi connectivity index (χ4v) is 3.01. The lowest BCUT2D eigenvalue weighted by Crippen LogP contribution is -2.33. The second kappa shape index (κ2) is 6.15. The lowest BCUT2D eigenvalue weighted by Gasteiger charge is -2.23. The maximum atomic E-state index is 12.9. The first-order chi connectivity index (χ1) is 15.9. The Bertz CT molecular complexity index is 1220. The molecule has 1 fully saturated rings. The van der Waals surface area contributed by atoms with E-state index in [-0.39, 0.29) is 23.1 Å². The molecular weight excluding hydrogens is 302 g/mol. The van der Waals surface area contributed by atoms with E-state index < -0.39 is 67.2 Å². The molecule has 1 aliphatic carbocycles. The quantitative estimate of drug-likeness (QED) is 0.875. The Morgan fingerprint density at radius 1 is 1.67 bits per heavy atom. The first-order valence-corrected chi connectivity index (χ1v) is 7.66. The molecule has 5 nitrogen and oxygen atoms in total. The normalized spacial score (nSPS) is 25.6. The van der Waals surface area contributed by atoms with Crippen molar-refractivity contribution >= 4 is 5.91 Å². The van der Waals surface area contributed by atoms with Gasteiger partial charge in [-0.15, -0.1) is 6.53 Å². The minimum Gasteiger partial charge on any atom is -0.485 e. The first-order valence-electron chi connectivity index (χ1n) is 12.7. The van der Waals surface area contributed by atoms with Crippen LogP contribution >= 0.6 is 0 Å². The summed E-state index contributed by atoms with van der Waals surface area (Å²) >= 11 is 0. The highest BCUT2D eigenvalue weighted by Crippen LogP contribution is 2.34. The van der Waals surface area contributed by atoms with Crippen LogP contribution in [0.5, 0.6) is 5.75 Å². The molecule has 1 N–H and O–H groups in total. The van der Waals surface area contributed by atoms with Crippen molar-refractivity contribution in [3.8, 4) is 11.4 Å². The molecule has 2 aromatic rings. The number of nitrogens with zero attached hydrogens (tertiary/aromatic N) is 2. The number of ether oxygens (including phenoxy) is 1. The first kappa shape index (κ1) is 7.55. The van der Waals surface area contributed by atoms with Crippen LogP contribution in [-0.2, 0) is 13.0 Å². The monoisotopic (exact) mass is 333 g/mol. The van der Waals surface area contributed by atoms with Gasteiger partial charge in [0.05, 0.1) is 21.0 Å². The van der Waals surface area contributed by atoms with E-state index in [4.69, 9.17) is 18.4 Å². The number of nitrogens with one attached hydrogen (secondary N) is 1. The Labute approximate surface area is 155 Å². The van der Waals surface area contributed by atoms with Gasteiger partial charge in [-0.3, -0.25) is 9.36 Å². The minimum atomic E-state index is -2.94. The number of carbonyl (C=O) groups excluding carboxylic acids is 1. The van der Waals surface area contributed by atoms with Crippen LogP contribution in [0.15, 0.2) is 37.0 Å². The summed E-state index contributed by atoms with van der Waals surface area (Å²) in [7, 11) is 0. The molecule has 1 aliphatic heterocycles. The van der Waals surface area contributed by atoms with Crippen LogP contribution in [0.2, 0.25) is 0 Å². The molecule has 4 rings (SSSR count). The molecule has 0 radical (unpaired) electrons. The van der Waals surface area contributed by atoms with Crippen molar-refractivity contribution in [3.05, 3.63) is 54.0 Å². The zero-order chi connectivity index (χ0) is 25.1. The van der Waals surface area contributed by atoms with E-state index in [1.807, 2.05) is 0 Å². The van der Waals surface area contributed by atoms with Gasteiger partial charge in [-0.1, -0.05) is 31.0 Å². The highest BCUT2D eigenvalue weighted by atomic mass is 16.5. The van der Waals surface area contributed by atoms with Gasteiger partial charge < -0.3 is 10.1 Å². The summed E-state index contributed by atoms with van der Waals surface area (Å²) in [5.74, 6) is -1.16. The molecule has 0 spiro atoms. The summed E-state index contributed by atoms with van der Waals surface area (Å²) in [6.07, 6.45) is 0.0280. The van der Waals surface area contributed by atoms with E-state index >= 15 is 0 Å². The number of hydrogen-bond acceptors (Lipinski definition) is 3. The zero-order valence-electron chi connectivity index (χ0n) is 22.7. The average Bonchev–Trinajstić information content (AvgIpc) is 3.39. The van der Waals surface area contributed by atoms with Gasteiger partial charge in [-0.05, 0) is 25.3 Å². The van der Waals surface area contributed by atoms with E-state index in [0.717, 1.165) is 30.3 Å². The smallest absolute Gasteiger partial charge is 0.272 e. The SMILES string of the molecule is [2H]C([2H])=C([2H])C([2H])([2H])c1c([2H])c([2H])c([2H])c2c1OC([2H])c1c(C(=O)NC3CCCC3)nc([2H])n1-2. The lowest BCUT2D eigenvalue weighted by atomic mass is 10.1. The van der Waals surface area contributed by atoms with Gasteiger partial charge >= 0.3 is 0 Å². The van der Waals surface area contributed by atoms with Gasteiger partial charge in [-0.2, -0.15) is 0 Å². The number of carbonyl (C=O) groups is 1. The number of hydrogen-bond donors (Lipinski definition) is 1. The molecule has 0 bridgehead atoms. The molecule has 1 amide bonds. The molecule has 0 saturated heterocycles. The van der Waals surface area contributed by atoms with E-state index in [1.165, 1.54) is 0 Å². The Balaban J connectivity index is 1.95. The lowest BCUT2D eigenvalue weighted by molar-refractivity contribution is 0.0930. The number of rotatable bonds is 4. The van der Waals surface area contributed by atoms with Crippen LogP contribution in [0.3, 0.4) is 0 Å². The molecule has 1 aromatic carbocycles. The maximum absolute atomic E-state index is 12.9. The Hall–Kier alpha value is -2.56. The molecule has 1 unspecified atom stereocenters. The molecule has 1 atom stereocenters. The maximum Gasteiger partial charge on any atom is 0.272 e. The number of amides is 1. The van der Waals surface area contributed by atoms with Gasteiger partial charge in [-0.25, -0.2) is 4.98 Å². The number of fused-ring (bicyclic) bond motifs is 3. The topological polar surface area (TPSA) is 56.1 Å². The van der Waals surface area contributed by atoms with Gasteiger partial charge in [0.2, 0.25) is 0 Å². The third kappa shape index (κ3) is 2.50. The molecule has 1 saturated carbocycles. The molecule has 2 heterocycles. The second-order valence-corrected chi connectivity index (χ2v) is 5.65. The van der Waals surface area contributed by atoms with Crippen LogP contribution in [0.4, 0.5) is 0 Å². The fraction of sp³-hybridized carbons (Fsp3) is 0.368. The summed E-state index contributed by atoms with van der Waals surface area (Å²) < 4.78 is 87.1. The third-order valence-electron chi connectivity index (χ3n) is 4.16. The highest BCUT2D eigenvalue weighted by molar-refractivity contribution is 5.94. The van der Waals surface area contributed by atoms with E-state index in [2.05, 4.69) is 10.3 Å². The number of benzene rings is 1. The number of aromatic nitrogens is 2. The van der Waals surface area contributed by atoms with Gasteiger partial charge in [0.25, 0.3) is 5.91 Å². The number of imidazole rings is 1. The molecule has 5 heteroatoms. The third-order valence-corrected chi connectivity index (χ3v) is 4.16. The second-order valence-electron chi connectivity index (χ2n) is 5.65. The zero-order valence-corrected chi connectivity index (χ0v) is 12.7. The van der Waals surface area contributed by atoms with Crippen molar-refractivity contribution in [1.82, 2.24) is 14.9 Å². The van der Waals surface area contributed by atoms with Gasteiger partial charge in [0.15, 0.2) is 5.69 Å². The summed E-state index contributed by atoms with van der Waals surface area (Å²) in [5.41, 5.74) is -1.50. The summed E-state index contributed by atoms with van der Waals surface area (Å²) in [6.45, 7) is -2.86. The van der Waals surface area contributed by atoms with Crippen LogP contribution in [0.25, 0.3) is 5.69 Å². The Morgan fingerprint density at radius 2 is 2.54 bits per heavy atom. The average molecular weight is 333 g/mol. The highest BCUT2D eigenvalue weighted by Gasteiger charge is 2.27. The van der Waals surface area contributed by atoms with Crippen LogP contribution in [-0.4, -0.2) is 21.5 Å². The molecule has 1 aromatic heterocycles. The molecule has 24 heavy (non-hydrogen) atoms. The summed E-state index contributed by atoms with van der Waals surface area (Å²) in [6, 6.07) is -3.34. The molecule has 2 aliphatic rings. The van der Waals surface area contributed by atoms with Crippen molar-refractivity contribution in [2.24, 2.45) is 0 Å². The van der Waals surface area contributed by atoms with Crippen LogP contribution in [0.1, 0.15) is 61.1 Å². The van der Waals surface area contributed by atoms with Gasteiger partial charge in [0.1, 0.15) is 20.0 Å². The molecular formula is C19H21N3O2. The fourth-order valence-electron chi connectivity index (χ4n) is 3.01. The van der Waals surface area contributed by atoms with Crippen molar-refractivity contribution in [3.63, 3.8) is 0 Å². The van der Waals surface area contributed by atoms with Gasteiger partial charge in [0, 0.05) is 14.3 Å². The Kier molecular flexibility index (Phi) is 1.94. The van der Waals surface area contributed by atoms with E-state index in [1.54, 1.807) is 0 Å². The van der Waals surface area contributed by atoms with Crippen LogP contribution < -0.4 is 10.1 Å². The van der Waals surface area contributed by atoms with Crippen molar-refractivity contribution in [1.29, 1.82) is 0 Å². The van der Waals surface area contributed by atoms with Crippen molar-refractivity contribution in [2.75, 3.05) is 0 Å². The standard InChI is InChI=1S/C19H21N3O2/c1-2-6-13-7-5-10-15-18(13)24-11-16-17(20-12-22(15)16)19(23)21-14-8-3-4-9-14/h2,5,7,10,12,14H,1,3-4,6,8-9,11H2,(H,21,23)/i1D2,2D,5D,6D2,7D,10D,11D,12D. The largest absolute Gasteiger partial charge is 0.485 e. The van der Waals surface area contributed by atoms with Crippen molar-refractivity contribution in [2.45, 2.75) is 44.7 Å². The summed E-state index contributed by atoms with van der Waals surface area (Å²) in [5, 5.41) is 2.82. The summed E-state index contributed by atoms with van der Waals surface area (Å²) in [4.78, 5) is 16.8. The predicted octanol–water partition coefficient (Wildman–Crippen LogP) is 3.17. The van der Waals surface area contributed by atoms with Crippen LogP contribution in [0, 0.1) is 0 Å². The Morgan fingerprint density at radius 3 is 3.38 bits per heavy atom. The van der Waals surface area contributed by atoms with E-state index in [0.29, 0.717) is 0 Å². The number of para-hydroxylation sites is 1. The predicted molar refractivity (Wildman–Crippen MR) is 91.5 cm³/mol. The number of allylic oxidation sites excluding steroid dienone is 1. The van der Waals surface area contributed by atoms with Crippen molar-refractivity contribution < 1.29 is 23.2 Å².